The van der Waals surface area contributed by atoms with Crippen LogP contribution < -0.4 is 5.32 Å². The lowest BCUT2D eigenvalue weighted by Gasteiger charge is -2.12. The lowest BCUT2D eigenvalue weighted by molar-refractivity contribution is -0.115. The smallest absolute Gasteiger partial charge is 0.337 e. The fourth-order valence-electron chi connectivity index (χ4n) is 2.41. The molecule has 6 heteroatoms. The number of ether oxygens (including phenoxy) is 1. The second-order valence-electron chi connectivity index (χ2n) is 5.09. The van der Waals surface area contributed by atoms with Crippen molar-refractivity contribution in [2.75, 3.05) is 12.4 Å². The number of halogens is 1. The monoisotopic (exact) mass is 347 g/mol. The van der Waals surface area contributed by atoms with Crippen LogP contribution in [-0.2, 0) is 16.0 Å². The van der Waals surface area contributed by atoms with Crippen LogP contribution in [-0.4, -0.2) is 24.2 Å². The largest absolute Gasteiger partial charge is 0.465 e. The topological polar surface area (TPSA) is 55.4 Å². The molecular weight excluding hydrogens is 334 g/mol. The second kappa shape index (κ2) is 6.64. The maximum absolute atomic E-state index is 12.5. The van der Waals surface area contributed by atoms with E-state index in [-0.39, 0.29) is 11.2 Å². The van der Waals surface area contributed by atoms with Crippen molar-refractivity contribution in [2.45, 2.75) is 16.6 Å². The Morgan fingerprint density at radius 2 is 2.04 bits per heavy atom. The zero-order valence-corrected chi connectivity index (χ0v) is 13.9. The van der Waals surface area contributed by atoms with Gasteiger partial charge in [0.1, 0.15) is 0 Å². The van der Waals surface area contributed by atoms with Gasteiger partial charge in [0.15, 0.2) is 0 Å². The molecule has 1 aliphatic heterocycles. The highest BCUT2D eigenvalue weighted by Gasteiger charge is 2.28. The van der Waals surface area contributed by atoms with E-state index in [4.69, 9.17) is 11.6 Å². The summed E-state index contributed by atoms with van der Waals surface area (Å²) in [6, 6.07) is 12.6. The summed E-state index contributed by atoms with van der Waals surface area (Å²) in [5.41, 5.74) is 1.93. The molecule has 1 amide bonds. The molecule has 1 unspecified atom stereocenters. The summed E-state index contributed by atoms with van der Waals surface area (Å²) in [7, 11) is 1.31. The molecule has 1 atom stereocenters. The van der Waals surface area contributed by atoms with Crippen molar-refractivity contribution in [3.63, 3.8) is 0 Å². The fraction of sp³-hybridized carbons (Fsp3) is 0.176. The molecule has 1 N–H and O–H groups in total. The number of benzene rings is 2. The van der Waals surface area contributed by atoms with Crippen LogP contribution in [0.15, 0.2) is 47.4 Å². The molecule has 1 aliphatic rings. The summed E-state index contributed by atoms with van der Waals surface area (Å²) >= 11 is 7.65. The number of esters is 1. The molecule has 0 radical (unpaired) electrons. The van der Waals surface area contributed by atoms with Crippen LogP contribution in [0.25, 0.3) is 0 Å². The van der Waals surface area contributed by atoms with E-state index in [1.54, 1.807) is 12.1 Å². The second-order valence-corrected chi connectivity index (χ2v) is 6.75. The van der Waals surface area contributed by atoms with E-state index in [2.05, 4.69) is 10.1 Å². The number of hydrogen-bond acceptors (Lipinski definition) is 4. The molecule has 2 aromatic rings. The van der Waals surface area contributed by atoms with Crippen LogP contribution >= 0.6 is 23.4 Å². The summed E-state index contributed by atoms with van der Waals surface area (Å²) in [5, 5.41) is 2.98. The van der Waals surface area contributed by atoms with Crippen molar-refractivity contribution < 1.29 is 14.3 Å². The van der Waals surface area contributed by atoms with Crippen molar-refractivity contribution in [1.82, 2.24) is 0 Å². The van der Waals surface area contributed by atoms with E-state index in [1.807, 2.05) is 24.3 Å². The molecule has 0 bridgehead atoms. The predicted octanol–water partition coefficient (Wildman–Crippen LogP) is 3.78. The van der Waals surface area contributed by atoms with Crippen LogP contribution in [0.5, 0.6) is 0 Å². The minimum absolute atomic E-state index is 0.130. The molecule has 2 aromatic carbocycles. The average molecular weight is 348 g/mol. The first-order chi connectivity index (χ1) is 11.1. The number of rotatable bonds is 3. The van der Waals surface area contributed by atoms with Gasteiger partial charge in [0.25, 0.3) is 0 Å². The summed E-state index contributed by atoms with van der Waals surface area (Å²) < 4.78 is 4.68. The van der Waals surface area contributed by atoms with Crippen LogP contribution in [0.4, 0.5) is 5.69 Å². The Hall–Kier alpha value is -1.98. The number of thioether (sulfide) groups is 1. The number of anilines is 1. The highest BCUT2D eigenvalue weighted by atomic mass is 35.5. The molecule has 118 valence electrons. The van der Waals surface area contributed by atoms with Gasteiger partial charge in [0.2, 0.25) is 5.91 Å². The van der Waals surface area contributed by atoms with Gasteiger partial charge in [-0.1, -0.05) is 29.8 Å². The van der Waals surface area contributed by atoms with E-state index < -0.39 is 5.97 Å². The number of amides is 1. The third-order valence-electron chi connectivity index (χ3n) is 3.58. The van der Waals surface area contributed by atoms with Gasteiger partial charge in [-0.05, 0) is 36.2 Å². The Balaban J connectivity index is 1.75. The Kier molecular flexibility index (Phi) is 4.59. The number of carbonyl (C=O) groups is 2. The maximum Gasteiger partial charge on any atom is 0.337 e. The third-order valence-corrected chi connectivity index (χ3v) is 5.23. The average Bonchev–Trinajstić information content (AvgIpc) is 3.00. The molecule has 0 aliphatic carbocycles. The summed E-state index contributed by atoms with van der Waals surface area (Å²) in [6.07, 6.45) is 0.682. The van der Waals surface area contributed by atoms with Gasteiger partial charge in [-0.15, -0.1) is 11.8 Å². The summed E-state index contributed by atoms with van der Waals surface area (Å²) in [5.74, 6) is -0.602. The number of methoxy groups -OCH3 is 1. The van der Waals surface area contributed by atoms with E-state index in [9.17, 15) is 9.59 Å². The molecule has 0 spiro atoms. The Bertz CT molecular complexity index is 753. The van der Waals surface area contributed by atoms with Gasteiger partial charge in [0.05, 0.1) is 28.6 Å². The van der Waals surface area contributed by atoms with Crippen molar-refractivity contribution in [1.29, 1.82) is 0 Å². The zero-order valence-electron chi connectivity index (χ0n) is 12.3. The first-order valence-corrected chi connectivity index (χ1v) is 8.27. The molecule has 3 rings (SSSR count). The van der Waals surface area contributed by atoms with Crippen LogP contribution in [0.1, 0.15) is 15.9 Å². The standard InChI is InChI=1S/C17H14ClNO3S/c1-22-17(21)11-6-7-12(18)13(8-11)19-16(20)15-9-10-4-2-3-5-14(10)23-15/h2-8,15H,9H2,1H3,(H,19,20). The van der Waals surface area contributed by atoms with Gasteiger partial charge in [-0.25, -0.2) is 4.79 Å². The summed E-state index contributed by atoms with van der Waals surface area (Å²) in [4.78, 5) is 25.2. The minimum atomic E-state index is -0.472. The number of fused-ring (bicyclic) bond motifs is 1. The third kappa shape index (κ3) is 3.35. The highest BCUT2D eigenvalue weighted by molar-refractivity contribution is 8.01. The fourth-order valence-corrected chi connectivity index (χ4v) is 3.77. The maximum atomic E-state index is 12.5. The highest BCUT2D eigenvalue weighted by Crippen LogP contribution is 2.37. The Morgan fingerprint density at radius 1 is 1.26 bits per heavy atom. The molecule has 0 aromatic heterocycles. The number of hydrogen-bond donors (Lipinski definition) is 1. The molecule has 0 saturated carbocycles. The summed E-state index contributed by atoms with van der Waals surface area (Å²) in [6.45, 7) is 0. The van der Waals surface area contributed by atoms with E-state index >= 15 is 0 Å². The van der Waals surface area contributed by atoms with Crippen molar-refractivity contribution >= 4 is 40.9 Å². The van der Waals surface area contributed by atoms with Gasteiger partial charge in [0, 0.05) is 4.90 Å². The molecule has 0 saturated heterocycles. The molecule has 4 nitrogen and oxygen atoms in total. The normalized spacial score (nSPS) is 15.8. The van der Waals surface area contributed by atoms with Gasteiger partial charge in [-0.2, -0.15) is 0 Å². The molecular formula is C17H14ClNO3S. The van der Waals surface area contributed by atoms with E-state index in [0.29, 0.717) is 22.7 Å². The van der Waals surface area contributed by atoms with E-state index in [0.717, 1.165) is 4.90 Å². The Morgan fingerprint density at radius 3 is 2.78 bits per heavy atom. The van der Waals surface area contributed by atoms with Crippen molar-refractivity contribution in [2.24, 2.45) is 0 Å². The Labute approximate surface area is 143 Å². The lowest BCUT2D eigenvalue weighted by Crippen LogP contribution is -2.25. The first-order valence-electron chi connectivity index (χ1n) is 7.02. The minimum Gasteiger partial charge on any atom is -0.465 e. The van der Waals surface area contributed by atoms with Crippen LogP contribution in [0.2, 0.25) is 5.02 Å². The molecule has 0 fully saturated rings. The number of carbonyl (C=O) groups excluding carboxylic acids is 2. The predicted molar refractivity (Wildman–Crippen MR) is 91.2 cm³/mol. The van der Waals surface area contributed by atoms with Gasteiger partial charge in [-0.3, -0.25) is 4.79 Å². The van der Waals surface area contributed by atoms with Crippen LogP contribution in [0, 0.1) is 0 Å². The van der Waals surface area contributed by atoms with E-state index in [1.165, 1.54) is 30.5 Å². The SMILES string of the molecule is COC(=O)c1ccc(Cl)c(NC(=O)C2Cc3ccccc3S2)c1. The van der Waals surface area contributed by atoms with Gasteiger partial charge < -0.3 is 10.1 Å². The molecule has 23 heavy (non-hydrogen) atoms. The van der Waals surface area contributed by atoms with Gasteiger partial charge >= 0.3 is 5.97 Å². The number of nitrogens with one attached hydrogen (secondary N) is 1. The van der Waals surface area contributed by atoms with Crippen molar-refractivity contribution in [3.05, 3.63) is 58.6 Å². The first kappa shape index (κ1) is 15.9. The lowest BCUT2D eigenvalue weighted by atomic mass is 10.1. The zero-order chi connectivity index (χ0) is 16.4. The quantitative estimate of drug-likeness (QED) is 0.858. The molecule has 1 heterocycles. The van der Waals surface area contributed by atoms with Crippen molar-refractivity contribution in [3.8, 4) is 0 Å². The van der Waals surface area contributed by atoms with Crippen LogP contribution in [0.3, 0.4) is 0 Å².